The highest BCUT2D eigenvalue weighted by atomic mass is 19.3. The fourth-order valence-corrected chi connectivity index (χ4v) is 3.58. The molecular formula is C22H21F2N5O. The predicted octanol–water partition coefficient (Wildman–Crippen LogP) is 3.71. The highest BCUT2D eigenvalue weighted by Crippen LogP contribution is 2.26. The van der Waals surface area contributed by atoms with Crippen molar-refractivity contribution in [3.05, 3.63) is 71.8 Å². The fourth-order valence-electron chi connectivity index (χ4n) is 3.58. The van der Waals surface area contributed by atoms with Gasteiger partial charge in [-0.3, -0.25) is 19.4 Å². The van der Waals surface area contributed by atoms with Gasteiger partial charge in [0.25, 0.3) is 6.43 Å². The molecule has 2 aromatic heterocycles. The number of alkyl halides is 2. The van der Waals surface area contributed by atoms with Crippen LogP contribution in [0.1, 0.15) is 16.7 Å². The summed E-state index contributed by atoms with van der Waals surface area (Å²) in [7, 11) is 1.84. The Kier molecular flexibility index (Phi) is 5.67. The van der Waals surface area contributed by atoms with Crippen LogP contribution in [0.15, 0.2) is 55.1 Å². The summed E-state index contributed by atoms with van der Waals surface area (Å²) in [6.45, 7) is 0.721. The average molecular weight is 409 g/mol. The van der Waals surface area contributed by atoms with Gasteiger partial charge >= 0.3 is 0 Å². The van der Waals surface area contributed by atoms with Gasteiger partial charge in [0.1, 0.15) is 0 Å². The zero-order valence-corrected chi connectivity index (χ0v) is 16.4. The van der Waals surface area contributed by atoms with Crippen LogP contribution in [-0.2, 0) is 24.9 Å². The number of carbonyl (C=O) groups is 1. The first-order valence-electron chi connectivity index (χ1n) is 9.52. The zero-order valence-electron chi connectivity index (χ0n) is 16.4. The molecule has 154 valence electrons. The number of hydrogen-bond donors (Lipinski definition) is 1. The Bertz CT molecular complexity index is 1090. The van der Waals surface area contributed by atoms with Gasteiger partial charge in [-0.15, -0.1) is 0 Å². The summed E-state index contributed by atoms with van der Waals surface area (Å²) in [5.41, 5.74) is 5.29. The Morgan fingerprint density at radius 1 is 1.23 bits per heavy atom. The lowest BCUT2D eigenvalue weighted by molar-refractivity contribution is -0.111. The molecule has 0 bridgehead atoms. The van der Waals surface area contributed by atoms with Gasteiger partial charge in [-0.25, -0.2) is 8.78 Å². The standard InChI is InChI=1S/C22H21F2N5O/c1-28-11-18(10-26-28)20-6-7-25-9-15(20)3-5-22(30)27-19-4-2-16-12-29(14-21(23)24)13-17(16)8-19/h2-11,21H,12-14H2,1H3,(H,27,30). The Morgan fingerprint density at radius 2 is 2.07 bits per heavy atom. The van der Waals surface area contributed by atoms with Crippen molar-refractivity contribution >= 4 is 17.7 Å². The smallest absolute Gasteiger partial charge is 0.251 e. The minimum atomic E-state index is -2.35. The molecule has 0 atom stereocenters. The van der Waals surface area contributed by atoms with E-state index in [0.29, 0.717) is 18.8 Å². The lowest BCUT2D eigenvalue weighted by atomic mass is 10.0. The molecule has 0 fully saturated rings. The predicted molar refractivity (Wildman–Crippen MR) is 111 cm³/mol. The van der Waals surface area contributed by atoms with E-state index in [-0.39, 0.29) is 12.5 Å². The van der Waals surface area contributed by atoms with Gasteiger partial charge in [-0.1, -0.05) is 6.07 Å². The molecule has 1 aliphatic rings. The number of halogens is 2. The molecule has 0 unspecified atom stereocenters. The number of fused-ring (bicyclic) bond motifs is 1. The van der Waals surface area contributed by atoms with Gasteiger partial charge < -0.3 is 5.32 Å². The van der Waals surface area contributed by atoms with E-state index in [0.717, 1.165) is 27.8 Å². The van der Waals surface area contributed by atoms with Crippen molar-refractivity contribution in [2.75, 3.05) is 11.9 Å². The van der Waals surface area contributed by atoms with Crippen molar-refractivity contribution in [2.24, 2.45) is 7.05 Å². The van der Waals surface area contributed by atoms with E-state index in [1.165, 1.54) is 6.08 Å². The average Bonchev–Trinajstić information content (AvgIpc) is 3.31. The molecule has 1 aromatic carbocycles. The first kappa shape index (κ1) is 19.9. The first-order valence-corrected chi connectivity index (χ1v) is 9.52. The van der Waals surface area contributed by atoms with Crippen LogP contribution in [-0.4, -0.2) is 38.5 Å². The molecule has 3 heterocycles. The number of hydrogen-bond acceptors (Lipinski definition) is 4. The molecule has 0 radical (unpaired) electrons. The quantitative estimate of drug-likeness (QED) is 0.631. The second-order valence-electron chi connectivity index (χ2n) is 7.23. The summed E-state index contributed by atoms with van der Waals surface area (Å²) in [5, 5.41) is 7.01. The van der Waals surface area contributed by atoms with Crippen LogP contribution in [0, 0.1) is 0 Å². The number of amides is 1. The number of benzene rings is 1. The number of nitrogens with zero attached hydrogens (tertiary/aromatic N) is 4. The maximum absolute atomic E-state index is 12.6. The summed E-state index contributed by atoms with van der Waals surface area (Å²) in [5.74, 6) is -0.279. The SMILES string of the molecule is Cn1cc(-c2ccncc2C=CC(=O)Nc2ccc3c(c2)CN(CC(F)F)C3)cn1. The van der Waals surface area contributed by atoms with Crippen LogP contribution < -0.4 is 5.32 Å². The summed E-state index contributed by atoms with van der Waals surface area (Å²) in [6, 6.07) is 7.39. The first-order chi connectivity index (χ1) is 14.5. The van der Waals surface area contributed by atoms with Gasteiger partial charge in [0.2, 0.25) is 5.91 Å². The van der Waals surface area contributed by atoms with Gasteiger partial charge in [-0.2, -0.15) is 5.10 Å². The Labute approximate surface area is 172 Å². The van der Waals surface area contributed by atoms with Crippen LogP contribution in [0.3, 0.4) is 0 Å². The van der Waals surface area contributed by atoms with Gasteiger partial charge in [-0.05, 0) is 41.0 Å². The molecule has 0 spiro atoms. The second kappa shape index (κ2) is 8.54. The third-order valence-electron chi connectivity index (χ3n) is 4.94. The van der Waals surface area contributed by atoms with Crippen LogP contribution in [0.2, 0.25) is 0 Å². The van der Waals surface area contributed by atoms with E-state index >= 15 is 0 Å². The Hall–Kier alpha value is -3.39. The minimum absolute atomic E-state index is 0.247. The molecule has 0 saturated carbocycles. The van der Waals surface area contributed by atoms with Crippen molar-refractivity contribution < 1.29 is 13.6 Å². The topological polar surface area (TPSA) is 63.1 Å². The lowest BCUT2D eigenvalue weighted by Gasteiger charge is -2.12. The third kappa shape index (κ3) is 4.60. The van der Waals surface area contributed by atoms with Crippen molar-refractivity contribution in [1.82, 2.24) is 19.7 Å². The molecule has 1 amide bonds. The van der Waals surface area contributed by atoms with E-state index < -0.39 is 6.43 Å². The number of aryl methyl sites for hydroxylation is 1. The molecule has 3 aromatic rings. The minimum Gasteiger partial charge on any atom is -0.323 e. The van der Waals surface area contributed by atoms with Gasteiger partial charge in [0.05, 0.1) is 12.7 Å². The molecule has 8 heteroatoms. The van der Waals surface area contributed by atoms with Crippen molar-refractivity contribution in [3.8, 4) is 11.1 Å². The highest BCUT2D eigenvalue weighted by molar-refractivity contribution is 6.02. The molecule has 30 heavy (non-hydrogen) atoms. The van der Waals surface area contributed by atoms with Gasteiger partial charge in [0.15, 0.2) is 0 Å². The zero-order chi connectivity index (χ0) is 21.1. The molecule has 1 N–H and O–H groups in total. The highest BCUT2D eigenvalue weighted by Gasteiger charge is 2.21. The third-order valence-corrected chi connectivity index (χ3v) is 4.94. The number of nitrogens with one attached hydrogen (secondary N) is 1. The van der Waals surface area contributed by atoms with Crippen LogP contribution in [0.5, 0.6) is 0 Å². The number of aromatic nitrogens is 3. The summed E-state index contributed by atoms with van der Waals surface area (Å²) < 4.78 is 26.9. The molecule has 0 aliphatic carbocycles. The van der Waals surface area contributed by atoms with Gasteiger partial charge in [0, 0.05) is 61.6 Å². The number of carbonyl (C=O) groups excluding carboxylic acids is 1. The lowest BCUT2D eigenvalue weighted by Crippen LogP contribution is -2.22. The molecule has 0 saturated heterocycles. The maximum atomic E-state index is 12.6. The van der Waals surface area contributed by atoms with Crippen molar-refractivity contribution in [2.45, 2.75) is 19.5 Å². The normalized spacial score (nSPS) is 13.9. The summed E-state index contributed by atoms with van der Waals surface area (Å²) >= 11 is 0. The summed E-state index contributed by atoms with van der Waals surface area (Å²) in [4.78, 5) is 18.2. The van der Waals surface area contributed by atoms with Crippen molar-refractivity contribution in [1.29, 1.82) is 0 Å². The Balaban J connectivity index is 1.44. The van der Waals surface area contributed by atoms with Crippen molar-refractivity contribution in [3.63, 3.8) is 0 Å². The van der Waals surface area contributed by atoms with Crippen LogP contribution in [0.25, 0.3) is 17.2 Å². The number of pyridine rings is 1. The molecule has 4 rings (SSSR count). The maximum Gasteiger partial charge on any atom is 0.251 e. The molecule has 1 aliphatic heterocycles. The van der Waals surface area contributed by atoms with E-state index in [1.54, 1.807) is 40.3 Å². The summed E-state index contributed by atoms with van der Waals surface area (Å²) in [6.07, 6.45) is 7.85. The fraction of sp³-hybridized carbons (Fsp3) is 0.227. The van der Waals surface area contributed by atoms with E-state index in [4.69, 9.17) is 0 Å². The largest absolute Gasteiger partial charge is 0.323 e. The molecular weight excluding hydrogens is 388 g/mol. The van der Waals surface area contributed by atoms with Crippen LogP contribution >= 0.6 is 0 Å². The number of anilines is 1. The van der Waals surface area contributed by atoms with E-state index in [9.17, 15) is 13.6 Å². The van der Waals surface area contributed by atoms with E-state index in [1.807, 2.05) is 31.4 Å². The monoisotopic (exact) mass is 409 g/mol. The number of rotatable bonds is 6. The van der Waals surface area contributed by atoms with E-state index in [2.05, 4.69) is 15.4 Å². The molecule has 6 nitrogen and oxygen atoms in total. The van der Waals surface area contributed by atoms with Crippen LogP contribution in [0.4, 0.5) is 14.5 Å². The second-order valence-corrected chi connectivity index (χ2v) is 7.23. The Morgan fingerprint density at radius 3 is 2.83 bits per heavy atom.